The van der Waals surface area contributed by atoms with Crippen LogP contribution in [0.4, 0.5) is 17.2 Å². The summed E-state index contributed by atoms with van der Waals surface area (Å²) >= 11 is 0. The fourth-order valence-corrected chi connectivity index (χ4v) is 2.88. The van der Waals surface area contributed by atoms with Gasteiger partial charge in [-0.1, -0.05) is 36.4 Å². The van der Waals surface area contributed by atoms with Crippen molar-refractivity contribution in [2.45, 2.75) is 0 Å². The zero-order valence-electron chi connectivity index (χ0n) is 15.0. The minimum Gasteiger partial charge on any atom is -0.497 e. The van der Waals surface area contributed by atoms with Crippen molar-refractivity contribution in [3.05, 3.63) is 82.9 Å². The van der Waals surface area contributed by atoms with E-state index in [0.717, 1.165) is 11.3 Å². The highest BCUT2D eigenvalue weighted by Gasteiger charge is 2.14. The summed E-state index contributed by atoms with van der Waals surface area (Å²) in [5.41, 5.74) is 2.21. The van der Waals surface area contributed by atoms with Crippen LogP contribution >= 0.6 is 0 Å². The largest absolute Gasteiger partial charge is 0.497 e. The molecule has 138 valence electrons. The summed E-state index contributed by atoms with van der Waals surface area (Å²) in [5.74, 6) is 1.71. The van der Waals surface area contributed by atoms with Gasteiger partial charge in [-0.05, 0) is 18.2 Å². The minimum absolute atomic E-state index is 0.0164. The summed E-state index contributed by atoms with van der Waals surface area (Å²) in [6.45, 7) is 0. The third-order valence-corrected chi connectivity index (χ3v) is 4.25. The zero-order chi connectivity index (χ0) is 19.5. The van der Waals surface area contributed by atoms with E-state index >= 15 is 0 Å². The predicted octanol–water partition coefficient (Wildman–Crippen LogP) is 4.96. The molecule has 4 rings (SSSR count). The summed E-state index contributed by atoms with van der Waals surface area (Å²) in [4.78, 5) is 20.0. The number of benzene rings is 3. The lowest BCUT2D eigenvalue weighted by Gasteiger charge is -2.12. The van der Waals surface area contributed by atoms with Crippen LogP contribution in [0.15, 0.2) is 72.8 Å². The van der Waals surface area contributed by atoms with E-state index in [1.165, 1.54) is 12.1 Å². The Morgan fingerprint density at radius 2 is 1.79 bits per heavy atom. The van der Waals surface area contributed by atoms with Gasteiger partial charge in [0.25, 0.3) is 5.69 Å². The van der Waals surface area contributed by atoms with Gasteiger partial charge in [0.05, 0.1) is 17.5 Å². The molecule has 1 aromatic heterocycles. The van der Waals surface area contributed by atoms with Gasteiger partial charge in [-0.2, -0.15) is 0 Å². The SMILES string of the molecule is COc1cccc(Nc2nc(-c3ccccc3)nc3ccc([N+](=O)[O-])cc23)c1. The van der Waals surface area contributed by atoms with Gasteiger partial charge in [0.1, 0.15) is 11.6 Å². The number of nitro benzene ring substituents is 1. The van der Waals surface area contributed by atoms with E-state index < -0.39 is 4.92 Å². The molecule has 0 atom stereocenters. The number of anilines is 2. The van der Waals surface area contributed by atoms with E-state index in [9.17, 15) is 10.1 Å². The molecule has 0 spiro atoms. The van der Waals surface area contributed by atoms with Crippen LogP contribution in [0.3, 0.4) is 0 Å². The Bertz CT molecular complexity index is 1160. The summed E-state index contributed by atoms with van der Waals surface area (Å²) in [7, 11) is 1.59. The first-order valence-corrected chi connectivity index (χ1v) is 8.57. The van der Waals surface area contributed by atoms with Crippen molar-refractivity contribution < 1.29 is 9.66 Å². The van der Waals surface area contributed by atoms with Gasteiger partial charge in [0, 0.05) is 34.8 Å². The number of nitrogens with zero attached hydrogens (tertiary/aromatic N) is 3. The standard InChI is InChI=1S/C21H16N4O3/c1-28-17-9-5-8-15(12-17)22-21-18-13-16(25(26)27)10-11-19(18)23-20(24-21)14-6-3-2-4-7-14/h2-13H,1H3,(H,22,23,24). The van der Waals surface area contributed by atoms with Gasteiger partial charge < -0.3 is 10.1 Å². The molecule has 3 aromatic carbocycles. The monoisotopic (exact) mass is 372 g/mol. The Morgan fingerprint density at radius 3 is 2.54 bits per heavy atom. The van der Waals surface area contributed by atoms with Crippen LogP contribution in [-0.2, 0) is 0 Å². The maximum absolute atomic E-state index is 11.2. The molecule has 0 unspecified atom stereocenters. The van der Waals surface area contributed by atoms with Gasteiger partial charge in [-0.15, -0.1) is 0 Å². The quantitative estimate of drug-likeness (QED) is 0.393. The van der Waals surface area contributed by atoms with E-state index in [1.807, 2.05) is 54.6 Å². The lowest BCUT2D eigenvalue weighted by molar-refractivity contribution is -0.384. The third kappa shape index (κ3) is 3.45. The Balaban J connectivity index is 1.89. The molecule has 1 N–H and O–H groups in total. The number of ether oxygens (including phenoxy) is 1. The van der Waals surface area contributed by atoms with Crippen LogP contribution in [0.2, 0.25) is 0 Å². The van der Waals surface area contributed by atoms with Gasteiger partial charge in [0.15, 0.2) is 5.82 Å². The van der Waals surface area contributed by atoms with E-state index in [2.05, 4.69) is 15.3 Å². The molecule has 7 nitrogen and oxygen atoms in total. The molecule has 7 heteroatoms. The molecule has 0 saturated carbocycles. The Hall–Kier alpha value is -4.00. The lowest BCUT2D eigenvalue weighted by Crippen LogP contribution is -2.00. The van der Waals surface area contributed by atoms with Crippen LogP contribution in [0.25, 0.3) is 22.3 Å². The normalized spacial score (nSPS) is 10.6. The molecule has 0 fully saturated rings. The zero-order valence-corrected chi connectivity index (χ0v) is 15.0. The minimum atomic E-state index is -0.431. The number of aromatic nitrogens is 2. The molecule has 0 saturated heterocycles. The first-order chi connectivity index (χ1) is 13.6. The van der Waals surface area contributed by atoms with Crippen molar-refractivity contribution in [1.29, 1.82) is 0 Å². The maximum atomic E-state index is 11.2. The average Bonchev–Trinajstić information content (AvgIpc) is 2.74. The van der Waals surface area contributed by atoms with Crippen molar-refractivity contribution in [3.63, 3.8) is 0 Å². The Kier molecular flexibility index (Phi) is 4.55. The van der Waals surface area contributed by atoms with Crippen LogP contribution in [0.1, 0.15) is 0 Å². The molecule has 0 bridgehead atoms. The lowest BCUT2D eigenvalue weighted by atomic mass is 10.1. The maximum Gasteiger partial charge on any atom is 0.270 e. The summed E-state index contributed by atoms with van der Waals surface area (Å²) < 4.78 is 5.26. The van der Waals surface area contributed by atoms with Gasteiger partial charge in [-0.3, -0.25) is 10.1 Å². The highest BCUT2D eigenvalue weighted by molar-refractivity contribution is 5.93. The summed E-state index contributed by atoms with van der Waals surface area (Å²) in [6, 6.07) is 21.5. The molecule has 4 aromatic rings. The van der Waals surface area contributed by atoms with Gasteiger partial charge >= 0.3 is 0 Å². The number of nitrogens with one attached hydrogen (secondary N) is 1. The molecule has 28 heavy (non-hydrogen) atoms. The third-order valence-electron chi connectivity index (χ3n) is 4.25. The second kappa shape index (κ2) is 7.32. The Labute approximate surface area is 160 Å². The highest BCUT2D eigenvalue weighted by Crippen LogP contribution is 2.30. The van der Waals surface area contributed by atoms with E-state index in [1.54, 1.807) is 13.2 Å². The van der Waals surface area contributed by atoms with Crippen LogP contribution in [-0.4, -0.2) is 22.0 Å². The number of hydrogen-bond acceptors (Lipinski definition) is 6. The first kappa shape index (κ1) is 17.4. The highest BCUT2D eigenvalue weighted by atomic mass is 16.6. The van der Waals surface area contributed by atoms with Crippen LogP contribution < -0.4 is 10.1 Å². The van der Waals surface area contributed by atoms with Gasteiger partial charge in [-0.25, -0.2) is 9.97 Å². The number of hydrogen-bond donors (Lipinski definition) is 1. The Morgan fingerprint density at radius 1 is 0.964 bits per heavy atom. The number of fused-ring (bicyclic) bond motifs is 1. The second-order valence-corrected chi connectivity index (χ2v) is 6.08. The van der Waals surface area contributed by atoms with E-state index in [4.69, 9.17) is 4.74 Å². The molecular weight excluding hydrogens is 356 g/mol. The number of non-ortho nitro benzene ring substituents is 1. The molecule has 0 radical (unpaired) electrons. The molecule has 0 amide bonds. The van der Waals surface area contributed by atoms with Crippen molar-refractivity contribution >= 4 is 28.1 Å². The van der Waals surface area contributed by atoms with Crippen molar-refractivity contribution in [2.24, 2.45) is 0 Å². The van der Waals surface area contributed by atoms with Crippen molar-refractivity contribution in [2.75, 3.05) is 12.4 Å². The molecule has 0 aliphatic heterocycles. The fourth-order valence-electron chi connectivity index (χ4n) is 2.88. The molecule has 1 heterocycles. The topological polar surface area (TPSA) is 90.2 Å². The summed E-state index contributed by atoms with van der Waals surface area (Å²) in [6.07, 6.45) is 0. The fraction of sp³-hybridized carbons (Fsp3) is 0.0476. The second-order valence-electron chi connectivity index (χ2n) is 6.08. The van der Waals surface area contributed by atoms with Crippen LogP contribution in [0, 0.1) is 10.1 Å². The smallest absolute Gasteiger partial charge is 0.270 e. The molecule has 0 aliphatic carbocycles. The number of methoxy groups -OCH3 is 1. The van der Waals surface area contributed by atoms with Crippen molar-refractivity contribution in [3.8, 4) is 17.1 Å². The van der Waals surface area contributed by atoms with Crippen molar-refractivity contribution in [1.82, 2.24) is 9.97 Å². The number of nitro groups is 1. The van der Waals surface area contributed by atoms with Crippen LogP contribution in [0.5, 0.6) is 5.75 Å². The molecule has 0 aliphatic rings. The average molecular weight is 372 g/mol. The van der Waals surface area contributed by atoms with Gasteiger partial charge in [0.2, 0.25) is 0 Å². The number of rotatable bonds is 5. The predicted molar refractivity (Wildman–Crippen MR) is 108 cm³/mol. The first-order valence-electron chi connectivity index (χ1n) is 8.57. The van der Waals surface area contributed by atoms with E-state index in [-0.39, 0.29) is 5.69 Å². The molecular formula is C21H16N4O3. The summed E-state index contributed by atoms with van der Waals surface area (Å²) in [5, 5.41) is 15.0. The van der Waals surface area contributed by atoms with E-state index in [0.29, 0.717) is 28.3 Å².